The molecule has 1 aromatic heterocycles. The number of aromatic nitrogens is 1. The fourth-order valence-corrected chi connectivity index (χ4v) is 0.883. The maximum absolute atomic E-state index is 5.69. The minimum atomic E-state index is 0.537. The van der Waals surface area contributed by atoms with Gasteiger partial charge in [0.05, 0.1) is 16.9 Å². The van der Waals surface area contributed by atoms with E-state index < -0.39 is 0 Å². The summed E-state index contributed by atoms with van der Waals surface area (Å²) in [5, 5.41) is 0.537. The molecule has 0 spiro atoms. The van der Waals surface area contributed by atoms with Gasteiger partial charge in [-0.25, -0.2) is 4.98 Å². The first kappa shape index (κ1) is 7.78. The third-order valence-electron chi connectivity index (χ3n) is 0.963. The zero-order chi connectivity index (χ0) is 7.56. The number of pyridine rings is 1. The van der Waals surface area contributed by atoms with Gasteiger partial charge in [0.2, 0.25) is 0 Å². The highest BCUT2D eigenvalue weighted by atomic mass is 79.9. The van der Waals surface area contributed by atoms with Crippen molar-refractivity contribution in [2.45, 2.75) is 0 Å². The summed E-state index contributed by atoms with van der Waals surface area (Å²) < 4.78 is 0.619. The summed E-state index contributed by atoms with van der Waals surface area (Å²) in [6, 6.07) is 1.68. The van der Waals surface area contributed by atoms with E-state index in [9.17, 15) is 0 Å². The smallest absolute Gasteiger partial charge is 0.124 e. The van der Waals surface area contributed by atoms with E-state index in [1.54, 1.807) is 12.3 Å². The molecular weight excluding hydrogens is 217 g/mol. The van der Waals surface area contributed by atoms with Crippen LogP contribution in [0.4, 0.5) is 5.69 Å². The molecule has 54 valence electrons. The van der Waals surface area contributed by atoms with Crippen molar-refractivity contribution in [1.82, 2.24) is 4.98 Å². The number of anilines is 1. The number of nitrogens with two attached hydrogens (primary N) is 1. The first-order chi connectivity index (χ1) is 4.74. The first-order valence-corrected chi connectivity index (χ1v) is 3.69. The van der Waals surface area contributed by atoms with Crippen molar-refractivity contribution < 1.29 is 0 Å². The molecule has 0 aliphatic rings. The molecule has 5 heteroatoms. The number of hydrazine groups is 1. The lowest BCUT2D eigenvalue weighted by Gasteiger charge is -1.99. The molecule has 0 aromatic carbocycles. The minimum absolute atomic E-state index is 0.537. The Bertz CT molecular complexity index is 240. The Morgan fingerprint density at radius 2 is 2.40 bits per heavy atom. The number of rotatable bonds is 1. The van der Waals surface area contributed by atoms with E-state index in [1.807, 2.05) is 0 Å². The predicted molar refractivity (Wildman–Crippen MR) is 44.8 cm³/mol. The molecule has 0 saturated heterocycles. The monoisotopic (exact) mass is 221 g/mol. The second-order valence-electron chi connectivity index (χ2n) is 1.64. The Kier molecular flexibility index (Phi) is 2.48. The summed E-state index contributed by atoms with van der Waals surface area (Å²) in [4.78, 5) is 3.89. The Balaban J connectivity index is 3.04. The highest BCUT2D eigenvalue weighted by molar-refractivity contribution is 9.10. The zero-order valence-corrected chi connectivity index (χ0v) is 7.28. The largest absolute Gasteiger partial charge is 0.323 e. The van der Waals surface area contributed by atoms with Gasteiger partial charge < -0.3 is 5.43 Å². The number of nitrogen functional groups attached to an aromatic ring is 1. The van der Waals surface area contributed by atoms with Crippen molar-refractivity contribution >= 4 is 33.2 Å². The summed E-state index contributed by atoms with van der Waals surface area (Å²) in [6.07, 6.45) is 1.58. The van der Waals surface area contributed by atoms with Gasteiger partial charge in [-0.3, -0.25) is 5.84 Å². The second-order valence-corrected chi connectivity index (χ2v) is 2.80. The van der Waals surface area contributed by atoms with E-state index in [4.69, 9.17) is 17.4 Å². The lowest BCUT2D eigenvalue weighted by molar-refractivity contribution is 1.24. The molecule has 0 atom stereocenters. The van der Waals surface area contributed by atoms with Crippen molar-refractivity contribution in [2.75, 3.05) is 5.43 Å². The number of hydrogen-bond donors (Lipinski definition) is 2. The average molecular weight is 222 g/mol. The molecule has 0 bridgehead atoms. The molecule has 0 unspecified atom stereocenters. The summed E-state index contributed by atoms with van der Waals surface area (Å²) >= 11 is 8.83. The standard InChI is InChI=1S/C5H5BrClN3/c6-5-4(7)1-3(10-8)2-9-5/h1-2,10H,8H2. The molecule has 0 aliphatic heterocycles. The Hall–Kier alpha value is -0.320. The van der Waals surface area contributed by atoms with E-state index in [0.29, 0.717) is 15.3 Å². The predicted octanol–water partition coefficient (Wildman–Crippen LogP) is 1.78. The lowest BCUT2D eigenvalue weighted by atomic mass is 10.4. The van der Waals surface area contributed by atoms with Crippen LogP contribution in [-0.2, 0) is 0 Å². The van der Waals surface area contributed by atoms with E-state index >= 15 is 0 Å². The maximum atomic E-state index is 5.69. The molecule has 0 aliphatic carbocycles. The molecule has 0 fully saturated rings. The van der Waals surface area contributed by atoms with Crippen LogP contribution in [0.1, 0.15) is 0 Å². The highest BCUT2D eigenvalue weighted by Gasteiger charge is 1.97. The van der Waals surface area contributed by atoms with Crippen LogP contribution in [0.3, 0.4) is 0 Å². The number of halogens is 2. The average Bonchev–Trinajstić information content (AvgIpc) is 1.95. The van der Waals surface area contributed by atoms with E-state index in [-0.39, 0.29) is 0 Å². The zero-order valence-electron chi connectivity index (χ0n) is 4.94. The summed E-state index contributed by atoms with van der Waals surface area (Å²) in [7, 11) is 0. The van der Waals surface area contributed by atoms with Gasteiger partial charge in [0, 0.05) is 0 Å². The Labute approximate surface area is 71.7 Å². The van der Waals surface area contributed by atoms with E-state index in [1.165, 1.54) is 0 Å². The molecule has 0 saturated carbocycles. The molecule has 1 heterocycles. The van der Waals surface area contributed by atoms with Crippen molar-refractivity contribution in [2.24, 2.45) is 5.84 Å². The molecule has 0 radical (unpaired) electrons. The maximum Gasteiger partial charge on any atom is 0.124 e. The van der Waals surface area contributed by atoms with Crippen LogP contribution in [0.2, 0.25) is 5.02 Å². The third kappa shape index (κ3) is 1.59. The number of nitrogens with zero attached hydrogens (tertiary/aromatic N) is 1. The van der Waals surface area contributed by atoms with Gasteiger partial charge in [-0.15, -0.1) is 0 Å². The van der Waals surface area contributed by atoms with Gasteiger partial charge in [0.15, 0.2) is 0 Å². The van der Waals surface area contributed by atoms with E-state index in [0.717, 1.165) is 0 Å². The molecule has 1 rings (SSSR count). The van der Waals surface area contributed by atoms with Gasteiger partial charge >= 0.3 is 0 Å². The van der Waals surface area contributed by atoms with Crippen LogP contribution in [0, 0.1) is 0 Å². The normalized spacial score (nSPS) is 9.50. The number of nitrogens with one attached hydrogen (secondary N) is 1. The fourth-order valence-electron chi connectivity index (χ4n) is 0.500. The first-order valence-electron chi connectivity index (χ1n) is 2.51. The molecule has 3 nitrogen and oxygen atoms in total. The molecule has 0 amide bonds. The fraction of sp³-hybridized carbons (Fsp3) is 0. The minimum Gasteiger partial charge on any atom is -0.323 e. The molecule has 10 heavy (non-hydrogen) atoms. The van der Waals surface area contributed by atoms with Crippen molar-refractivity contribution in [3.05, 3.63) is 21.9 Å². The number of hydrogen-bond acceptors (Lipinski definition) is 3. The van der Waals surface area contributed by atoms with Crippen LogP contribution in [0.25, 0.3) is 0 Å². The lowest BCUT2D eigenvalue weighted by Crippen LogP contribution is -2.06. The topological polar surface area (TPSA) is 50.9 Å². The van der Waals surface area contributed by atoms with Crippen LogP contribution in [0.15, 0.2) is 16.9 Å². The third-order valence-corrected chi connectivity index (χ3v) is 2.11. The molecule has 3 N–H and O–H groups in total. The molecule has 1 aromatic rings. The quantitative estimate of drug-likeness (QED) is 0.433. The summed E-state index contributed by atoms with van der Waals surface area (Å²) in [5.41, 5.74) is 3.12. The van der Waals surface area contributed by atoms with Crippen molar-refractivity contribution in [3.63, 3.8) is 0 Å². The van der Waals surface area contributed by atoms with Crippen molar-refractivity contribution in [1.29, 1.82) is 0 Å². The summed E-state index contributed by atoms with van der Waals surface area (Å²) in [5.74, 6) is 5.10. The Morgan fingerprint density at radius 3 is 2.90 bits per heavy atom. The van der Waals surface area contributed by atoms with Gasteiger partial charge in [-0.2, -0.15) is 0 Å². The van der Waals surface area contributed by atoms with Gasteiger partial charge in [0.25, 0.3) is 0 Å². The second kappa shape index (κ2) is 3.18. The van der Waals surface area contributed by atoms with Crippen LogP contribution < -0.4 is 11.3 Å². The van der Waals surface area contributed by atoms with Gasteiger partial charge in [-0.1, -0.05) is 11.6 Å². The Morgan fingerprint density at radius 1 is 1.70 bits per heavy atom. The van der Waals surface area contributed by atoms with Crippen LogP contribution in [-0.4, -0.2) is 4.98 Å². The van der Waals surface area contributed by atoms with E-state index in [2.05, 4.69) is 26.3 Å². The van der Waals surface area contributed by atoms with Gasteiger partial charge in [0.1, 0.15) is 4.60 Å². The van der Waals surface area contributed by atoms with Crippen LogP contribution in [0.5, 0.6) is 0 Å². The van der Waals surface area contributed by atoms with Gasteiger partial charge in [-0.05, 0) is 22.0 Å². The van der Waals surface area contributed by atoms with Crippen molar-refractivity contribution in [3.8, 4) is 0 Å². The SMILES string of the molecule is NNc1cnc(Br)c(Cl)c1. The summed E-state index contributed by atoms with van der Waals surface area (Å²) in [6.45, 7) is 0. The van der Waals surface area contributed by atoms with Crippen LogP contribution >= 0.6 is 27.5 Å². The molecular formula is C5H5BrClN3. The highest BCUT2D eigenvalue weighted by Crippen LogP contribution is 2.21.